The molecule has 60 valence electrons. The molecule has 2 nitrogen and oxygen atoms in total. The first-order valence-electron chi connectivity index (χ1n) is 2.80. The van der Waals surface area contributed by atoms with Crippen LogP contribution in [0.1, 0.15) is 5.56 Å². The third-order valence-corrected chi connectivity index (χ3v) is 1.95. The second-order valence-corrected chi connectivity index (χ2v) is 2.76. The van der Waals surface area contributed by atoms with Crippen molar-refractivity contribution in [1.29, 1.82) is 0 Å². The molecule has 0 saturated carbocycles. The van der Waals surface area contributed by atoms with Gasteiger partial charge in [0.1, 0.15) is 5.15 Å². The number of aromatic nitrogens is 1. The van der Waals surface area contributed by atoms with Crippen molar-refractivity contribution in [2.24, 2.45) is 0 Å². The summed E-state index contributed by atoms with van der Waals surface area (Å²) in [5, 5.41) is -0.160. The van der Waals surface area contributed by atoms with Gasteiger partial charge in [0, 0.05) is 5.56 Å². The van der Waals surface area contributed by atoms with E-state index in [9.17, 15) is 4.39 Å². The Kier molecular flexibility index (Phi) is 2.20. The van der Waals surface area contributed by atoms with Crippen molar-refractivity contribution in [3.63, 3.8) is 0 Å². The molecule has 0 atom stereocenters. The molecule has 1 rings (SSSR count). The van der Waals surface area contributed by atoms with Gasteiger partial charge >= 0.3 is 0 Å². The Morgan fingerprint density at radius 1 is 1.36 bits per heavy atom. The van der Waals surface area contributed by atoms with Crippen LogP contribution in [0, 0.1) is 12.7 Å². The van der Waals surface area contributed by atoms with Crippen LogP contribution in [-0.4, -0.2) is 4.98 Å². The highest BCUT2D eigenvalue weighted by Crippen LogP contribution is 2.26. The van der Waals surface area contributed by atoms with Crippen molar-refractivity contribution in [3.05, 3.63) is 21.7 Å². The Labute approximate surface area is 73.1 Å². The van der Waals surface area contributed by atoms with Gasteiger partial charge in [0.15, 0.2) is 11.0 Å². The minimum atomic E-state index is -0.714. The zero-order valence-electron chi connectivity index (χ0n) is 5.66. The third-order valence-electron chi connectivity index (χ3n) is 1.33. The molecule has 0 aliphatic rings. The van der Waals surface area contributed by atoms with E-state index in [0.717, 1.165) is 0 Å². The summed E-state index contributed by atoms with van der Waals surface area (Å²) in [5.74, 6) is -0.714. The van der Waals surface area contributed by atoms with E-state index >= 15 is 0 Å². The molecule has 0 aromatic carbocycles. The molecule has 0 fully saturated rings. The summed E-state index contributed by atoms with van der Waals surface area (Å²) in [6.45, 7) is 1.57. The largest absolute Gasteiger partial charge is 0.396 e. The smallest absolute Gasteiger partial charge is 0.183 e. The highest BCUT2D eigenvalue weighted by atomic mass is 35.5. The summed E-state index contributed by atoms with van der Waals surface area (Å²) in [6.07, 6.45) is 0. The van der Waals surface area contributed by atoms with Gasteiger partial charge in [-0.3, -0.25) is 0 Å². The molecule has 1 aromatic heterocycles. The first-order chi connectivity index (χ1) is 5.04. The van der Waals surface area contributed by atoms with Gasteiger partial charge in [0.2, 0.25) is 0 Å². The average molecular weight is 195 g/mol. The first-order valence-corrected chi connectivity index (χ1v) is 3.56. The zero-order valence-corrected chi connectivity index (χ0v) is 7.17. The number of nitrogens with two attached hydrogens (primary N) is 1. The Balaban J connectivity index is 3.46. The van der Waals surface area contributed by atoms with E-state index in [1.165, 1.54) is 0 Å². The monoisotopic (exact) mass is 194 g/mol. The van der Waals surface area contributed by atoms with Gasteiger partial charge < -0.3 is 5.73 Å². The van der Waals surface area contributed by atoms with Gasteiger partial charge in [-0.2, -0.15) is 0 Å². The van der Waals surface area contributed by atoms with Gasteiger partial charge in [-0.1, -0.05) is 23.2 Å². The maximum absolute atomic E-state index is 12.8. The van der Waals surface area contributed by atoms with Crippen LogP contribution in [0.3, 0.4) is 0 Å². The van der Waals surface area contributed by atoms with E-state index in [-0.39, 0.29) is 16.0 Å². The lowest BCUT2D eigenvalue weighted by atomic mass is 10.2. The van der Waals surface area contributed by atoms with Crippen LogP contribution >= 0.6 is 23.2 Å². The molecule has 2 N–H and O–H groups in total. The van der Waals surface area contributed by atoms with Crippen LogP contribution < -0.4 is 5.73 Å². The fourth-order valence-electron chi connectivity index (χ4n) is 0.606. The second kappa shape index (κ2) is 2.83. The fraction of sp³-hybridized carbons (Fsp3) is 0.167. The van der Waals surface area contributed by atoms with Crippen LogP contribution in [0.4, 0.5) is 10.1 Å². The molecule has 0 radical (unpaired) electrons. The van der Waals surface area contributed by atoms with Crippen molar-refractivity contribution in [2.75, 3.05) is 5.73 Å². The van der Waals surface area contributed by atoms with Gasteiger partial charge in [0.25, 0.3) is 0 Å². The summed E-state index contributed by atoms with van der Waals surface area (Å²) in [6, 6.07) is 0. The van der Waals surface area contributed by atoms with Crippen LogP contribution in [-0.2, 0) is 0 Å². The van der Waals surface area contributed by atoms with Crippen molar-refractivity contribution < 1.29 is 4.39 Å². The van der Waals surface area contributed by atoms with E-state index in [2.05, 4.69) is 4.98 Å². The van der Waals surface area contributed by atoms with Gasteiger partial charge in [-0.25, -0.2) is 9.37 Å². The Bertz CT molecular complexity index is 275. The lowest BCUT2D eigenvalue weighted by Crippen LogP contribution is -1.98. The normalized spacial score (nSPS) is 10.2. The zero-order chi connectivity index (χ0) is 8.59. The highest BCUT2D eigenvalue weighted by molar-refractivity contribution is 6.33. The molecule has 0 amide bonds. The standard InChI is InChI=1S/C6H5Cl2FN2/c1-2-4(10)3(9)6(8)11-5(2)7/h1H3,(H2,10,11). The van der Waals surface area contributed by atoms with E-state index in [4.69, 9.17) is 28.9 Å². The van der Waals surface area contributed by atoms with Crippen molar-refractivity contribution in [1.82, 2.24) is 4.98 Å². The van der Waals surface area contributed by atoms with E-state index in [1.54, 1.807) is 6.92 Å². The number of hydrogen-bond acceptors (Lipinski definition) is 2. The van der Waals surface area contributed by atoms with Crippen LogP contribution in [0.2, 0.25) is 10.3 Å². The van der Waals surface area contributed by atoms with Gasteiger partial charge in [-0.05, 0) is 6.92 Å². The van der Waals surface area contributed by atoms with Crippen molar-refractivity contribution >= 4 is 28.9 Å². The molecule has 0 saturated heterocycles. The summed E-state index contributed by atoms with van der Waals surface area (Å²) < 4.78 is 12.8. The Hall–Kier alpha value is -0.540. The summed E-state index contributed by atoms with van der Waals surface area (Å²) >= 11 is 10.9. The summed E-state index contributed by atoms with van der Waals surface area (Å²) in [7, 11) is 0. The molecule has 11 heavy (non-hydrogen) atoms. The highest BCUT2D eigenvalue weighted by Gasteiger charge is 2.11. The van der Waals surface area contributed by atoms with E-state index in [1.807, 2.05) is 0 Å². The van der Waals surface area contributed by atoms with Crippen LogP contribution in [0.25, 0.3) is 0 Å². The average Bonchev–Trinajstić information content (AvgIpc) is 1.97. The molecule has 0 bridgehead atoms. The Morgan fingerprint density at radius 2 is 1.91 bits per heavy atom. The van der Waals surface area contributed by atoms with Crippen molar-refractivity contribution in [3.8, 4) is 0 Å². The van der Waals surface area contributed by atoms with Crippen LogP contribution in [0.5, 0.6) is 0 Å². The number of halogens is 3. The third kappa shape index (κ3) is 1.39. The maximum atomic E-state index is 12.8. The fourth-order valence-corrected chi connectivity index (χ4v) is 1.02. The molecule has 1 heterocycles. The van der Waals surface area contributed by atoms with E-state index in [0.29, 0.717) is 5.56 Å². The molecule has 0 unspecified atom stereocenters. The van der Waals surface area contributed by atoms with Gasteiger partial charge in [-0.15, -0.1) is 0 Å². The number of nitrogen functional groups attached to an aromatic ring is 1. The molecular formula is C6H5Cl2FN2. The minimum absolute atomic E-state index is 0.0463. The van der Waals surface area contributed by atoms with E-state index < -0.39 is 5.82 Å². The molecule has 0 spiro atoms. The molecule has 0 aliphatic heterocycles. The maximum Gasteiger partial charge on any atom is 0.183 e. The number of nitrogens with zero attached hydrogens (tertiary/aromatic N) is 1. The lowest BCUT2D eigenvalue weighted by Gasteiger charge is -2.03. The number of rotatable bonds is 0. The molecule has 0 aliphatic carbocycles. The second-order valence-electron chi connectivity index (χ2n) is 2.05. The number of pyridine rings is 1. The lowest BCUT2D eigenvalue weighted by molar-refractivity contribution is 0.625. The molecule has 5 heteroatoms. The summed E-state index contributed by atoms with van der Waals surface area (Å²) in [4.78, 5) is 3.51. The van der Waals surface area contributed by atoms with Crippen LogP contribution in [0.15, 0.2) is 0 Å². The number of hydrogen-bond donors (Lipinski definition) is 1. The SMILES string of the molecule is Cc1c(Cl)nc(Cl)c(F)c1N. The Morgan fingerprint density at radius 3 is 2.45 bits per heavy atom. The minimum Gasteiger partial charge on any atom is -0.396 e. The topological polar surface area (TPSA) is 38.9 Å². The molecule has 1 aromatic rings. The van der Waals surface area contributed by atoms with Crippen molar-refractivity contribution in [2.45, 2.75) is 6.92 Å². The summed E-state index contributed by atoms with van der Waals surface area (Å²) in [5.41, 5.74) is 5.66. The first kappa shape index (κ1) is 8.56. The quantitative estimate of drug-likeness (QED) is 0.645. The number of anilines is 1. The van der Waals surface area contributed by atoms with Gasteiger partial charge in [0.05, 0.1) is 5.69 Å². The predicted molar refractivity (Wildman–Crippen MR) is 43.4 cm³/mol. The molecular weight excluding hydrogens is 190 g/mol. The predicted octanol–water partition coefficient (Wildman–Crippen LogP) is 2.42.